The van der Waals surface area contributed by atoms with E-state index in [9.17, 15) is 4.79 Å². The third kappa shape index (κ3) is 5.00. The number of benzene rings is 1. The van der Waals surface area contributed by atoms with Gasteiger partial charge in [0.05, 0.1) is 6.61 Å². The van der Waals surface area contributed by atoms with E-state index in [2.05, 4.69) is 10.6 Å². The Balaban J connectivity index is 2.74. The molecule has 1 rings (SSSR count). The van der Waals surface area contributed by atoms with Crippen molar-refractivity contribution in [3.63, 3.8) is 0 Å². The van der Waals surface area contributed by atoms with Crippen LogP contribution in [0, 0.1) is 0 Å². The number of hydrogen-bond donors (Lipinski definition) is 2. The maximum absolute atomic E-state index is 11.5. The van der Waals surface area contributed by atoms with Gasteiger partial charge < -0.3 is 20.1 Å². The maximum atomic E-state index is 11.5. The lowest BCUT2D eigenvalue weighted by atomic mass is 10.2. The van der Waals surface area contributed by atoms with Crippen molar-refractivity contribution in [1.82, 2.24) is 10.6 Å². The van der Waals surface area contributed by atoms with Gasteiger partial charge in [-0.3, -0.25) is 4.79 Å². The molecule has 1 aromatic rings. The smallest absolute Gasteiger partial charge is 0.260 e. The predicted molar refractivity (Wildman–Crippen MR) is 79.2 cm³/mol. The number of hydrogen-bond acceptors (Lipinski definition) is 4. The van der Waals surface area contributed by atoms with Gasteiger partial charge in [-0.15, -0.1) is 0 Å². The molecule has 0 aliphatic carbocycles. The van der Waals surface area contributed by atoms with E-state index < -0.39 is 6.10 Å². The number of methoxy groups -OCH3 is 1. The highest BCUT2D eigenvalue weighted by Crippen LogP contribution is 2.27. The van der Waals surface area contributed by atoms with Crippen molar-refractivity contribution in [3.05, 3.63) is 28.8 Å². The lowest BCUT2D eigenvalue weighted by Gasteiger charge is -2.17. The summed E-state index contributed by atoms with van der Waals surface area (Å²) < 4.78 is 10.6. The van der Waals surface area contributed by atoms with Gasteiger partial charge in [0.25, 0.3) is 5.91 Å². The molecule has 0 radical (unpaired) electrons. The molecule has 2 N–H and O–H groups in total. The van der Waals surface area contributed by atoms with Gasteiger partial charge in [0, 0.05) is 37.8 Å². The molecule has 5 nitrogen and oxygen atoms in total. The fourth-order valence-electron chi connectivity index (χ4n) is 1.66. The summed E-state index contributed by atoms with van der Waals surface area (Å²) in [5.41, 5.74) is 0.834. The van der Waals surface area contributed by atoms with Crippen LogP contribution >= 0.6 is 11.6 Å². The average molecular weight is 301 g/mol. The normalized spacial score (nSPS) is 12.0. The van der Waals surface area contributed by atoms with Crippen molar-refractivity contribution in [2.24, 2.45) is 0 Å². The van der Waals surface area contributed by atoms with Gasteiger partial charge >= 0.3 is 0 Å². The van der Waals surface area contributed by atoms with Gasteiger partial charge in [0.15, 0.2) is 6.10 Å². The summed E-state index contributed by atoms with van der Waals surface area (Å²) in [6.45, 7) is 3.59. The van der Waals surface area contributed by atoms with Gasteiger partial charge in [-0.25, -0.2) is 0 Å². The Kier molecular flexibility index (Phi) is 7.36. The zero-order valence-corrected chi connectivity index (χ0v) is 12.8. The molecule has 20 heavy (non-hydrogen) atoms. The number of carbonyl (C=O) groups excluding carboxylic acids is 1. The second-order valence-electron chi connectivity index (χ2n) is 4.26. The number of rotatable bonds is 8. The van der Waals surface area contributed by atoms with Crippen LogP contribution in [-0.2, 0) is 16.1 Å². The fraction of sp³-hybridized carbons (Fsp3) is 0.500. The van der Waals surface area contributed by atoms with E-state index in [1.807, 2.05) is 0 Å². The van der Waals surface area contributed by atoms with Crippen LogP contribution in [0.1, 0.15) is 12.5 Å². The summed E-state index contributed by atoms with van der Waals surface area (Å²) >= 11 is 6.19. The number of halogens is 1. The summed E-state index contributed by atoms with van der Waals surface area (Å²) in [6.07, 6.45) is -0.573. The van der Waals surface area contributed by atoms with Crippen LogP contribution in [0.25, 0.3) is 0 Å². The third-order valence-corrected chi connectivity index (χ3v) is 3.13. The topological polar surface area (TPSA) is 59.6 Å². The molecule has 0 aliphatic rings. The van der Waals surface area contributed by atoms with E-state index in [1.165, 1.54) is 0 Å². The maximum Gasteiger partial charge on any atom is 0.260 e. The number of ether oxygens (including phenoxy) is 2. The van der Waals surface area contributed by atoms with Crippen LogP contribution in [0.15, 0.2) is 18.2 Å². The molecule has 0 aromatic heterocycles. The zero-order valence-electron chi connectivity index (χ0n) is 12.0. The van der Waals surface area contributed by atoms with Gasteiger partial charge in [0.2, 0.25) is 0 Å². The van der Waals surface area contributed by atoms with E-state index in [-0.39, 0.29) is 5.91 Å². The largest absolute Gasteiger partial charge is 0.481 e. The number of amides is 1. The summed E-state index contributed by atoms with van der Waals surface area (Å²) in [5, 5.41) is 6.37. The first-order chi connectivity index (χ1) is 9.60. The Morgan fingerprint density at radius 3 is 2.85 bits per heavy atom. The van der Waals surface area contributed by atoms with Crippen LogP contribution < -0.4 is 15.4 Å². The summed E-state index contributed by atoms with van der Waals surface area (Å²) in [7, 11) is 3.23. The molecule has 0 fully saturated rings. The summed E-state index contributed by atoms with van der Waals surface area (Å²) in [4.78, 5) is 11.5. The van der Waals surface area contributed by atoms with Crippen molar-refractivity contribution in [2.75, 3.05) is 27.3 Å². The lowest BCUT2D eigenvalue weighted by molar-refractivity contribution is -0.126. The zero-order chi connectivity index (χ0) is 15.0. The minimum Gasteiger partial charge on any atom is -0.481 e. The number of likely N-dealkylation sites (N-methyl/N-ethyl adjacent to an activating group) is 1. The van der Waals surface area contributed by atoms with Crippen LogP contribution in [0.3, 0.4) is 0 Å². The van der Waals surface area contributed by atoms with E-state index >= 15 is 0 Å². The van der Waals surface area contributed by atoms with Crippen molar-refractivity contribution < 1.29 is 14.3 Å². The number of nitrogens with one attached hydrogen (secondary N) is 2. The molecule has 0 spiro atoms. The van der Waals surface area contributed by atoms with Crippen LogP contribution in [0.4, 0.5) is 0 Å². The summed E-state index contributed by atoms with van der Waals surface area (Å²) in [5.74, 6) is 0.432. The van der Waals surface area contributed by atoms with E-state index in [4.69, 9.17) is 21.1 Å². The van der Waals surface area contributed by atoms with Gasteiger partial charge in [-0.1, -0.05) is 17.7 Å². The molecule has 0 saturated carbocycles. The predicted octanol–water partition coefficient (Wildman–Crippen LogP) is 1.59. The SMILES string of the molecule is CNC(=O)C(C)Oc1cccc(Cl)c1CNCCOC. The first kappa shape index (κ1) is 16.8. The van der Waals surface area contributed by atoms with E-state index in [0.717, 1.165) is 5.56 Å². The molecule has 1 unspecified atom stereocenters. The highest BCUT2D eigenvalue weighted by atomic mass is 35.5. The molecule has 1 amide bonds. The minimum atomic E-state index is -0.573. The molecule has 0 saturated heterocycles. The molecule has 1 atom stereocenters. The molecule has 0 aliphatic heterocycles. The second kappa shape index (κ2) is 8.79. The standard InChI is InChI=1S/C14H21ClN2O3/c1-10(14(18)16-2)20-13-6-4-5-12(15)11(13)9-17-7-8-19-3/h4-6,10,17H,7-9H2,1-3H3,(H,16,18). The minimum absolute atomic E-state index is 0.178. The quantitative estimate of drug-likeness (QED) is 0.716. The van der Waals surface area contributed by atoms with Gasteiger partial charge in [-0.2, -0.15) is 0 Å². The molecular formula is C14H21ClN2O3. The van der Waals surface area contributed by atoms with E-state index in [0.29, 0.717) is 30.5 Å². The van der Waals surface area contributed by atoms with Gasteiger partial charge in [0.1, 0.15) is 5.75 Å². The van der Waals surface area contributed by atoms with Crippen molar-refractivity contribution in [2.45, 2.75) is 19.6 Å². The molecule has 1 aromatic carbocycles. The van der Waals surface area contributed by atoms with Gasteiger partial charge in [-0.05, 0) is 19.1 Å². The second-order valence-corrected chi connectivity index (χ2v) is 4.67. The van der Waals surface area contributed by atoms with Crippen LogP contribution in [0.5, 0.6) is 5.75 Å². The van der Waals surface area contributed by atoms with Crippen molar-refractivity contribution in [3.8, 4) is 5.75 Å². The fourth-order valence-corrected chi connectivity index (χ4v) is 1.89. The Bertz CT molecular complexity index is 440. The van der Waals surface area contributed by atoms with Crippen molar-refractivity contribution in [1.29, 1.82) is 0 Å². The van der Waals surface area contributed by atoms with Crippen LogP contribution in [0.2, 0.25) is 5.02 Å². The molecule has 0 heterocycles. The average Bonchev–Trinajstić information content (AvgIpc) is 2.44. The Morgan fingerprint density at radius 2 is 2.20 bits per heavy atom. The third-order valence-electron chi connectivity index (χ3n) is 2.78. The first-order valence-electron chi connectivity index (χ1n) is 6.45. The molecular weight excluding hydrogens is 280 g/mol. The Morgan fingerprint density at radius 1 is 1.45 bits per heavy atom. The molecule has 112 valence electrons. The highest BCUT2D eigenvalue weighted by molar-refractivity contribution is 6.31. The molecule has 6 heteroatoms. The Labute approximate surface area is 124 Å². The van der Waals surface area contributed by atoms with E-state index in [1.54, 1.807) is 39.3 Å². The molecule has 0 bridgehead atoms. The lowest BCUT2D eigenvalue weighted by Crippen LogP contribution is -2.34. The highest BCUT2D eigenvalue weighted by Gasteiger charge is 2.16. The van der Waals surface area contributed by atoms with Crippen LogP contribution in [-0.4, -0.2) is 39.3 Å². The Hall–Kier alpha value is -1.30. The van der Waals surface area contributed by atoms with Crippen molar-refractivity contribution >= 4 is 17.5 Å². The number of carbonyl (C=O) groups is 1. The first-order valence-corrected chi connectivity index (χ1v) is 6.83. The summed E-state index contributed by atoms with van der Waals surface area (Å²) in [6, 6.07) is 5.40. The monoisotopic (exact) mass is 300 g/mol.